The largest absolute Gasteiger partial charge is 0.416 e. The van der Waals surface area contributed by atoms with Crippen molar-refractivity contribution in [2.75, 3.05) is 0 Å². The van der Waals surface area contributed by atoms with Gasteiger partial charge in [0.1, 0.15) is 11.6 Å². The first-order chi connectivity index (χ1) is 15.9. The maximum absolute atomic E-state index is 14.6. The molecule has 34 heavy (non-hydrogen) atoms. The Morgan fingerprint density at radius 1 is 0.529 bits per heavy atom. The van der Waals surface area contributed by atoms with Crippen LogP contribution in [0.5, 0.6) is 0 Å². The van der Waals surface area contributed by atoms with E-state index in [9.17, 15) is 35.1 Å². The quantitative estimate of drug-likeness (QED) is 0.280. The minimum Gasteiger partial charge on any atom is -0.228 e. The third kappa shape index (κ3) is 4.75. The zero-order valence-corrected chi connectivity index (χ0v) is 16.8. The Labute approximate surface area is 187 Å². The van der Waals surface area contributed by atoms with Crippen molar-refractivity contribution in [3.63, 3.8) is 0 Å². The molecule has 0 saturated carbocycles. The fraction of sp³-hybridized carbons (Fsp3) is 0.0833. The van der Waals surface area contributed by atoms with Gasteiger partial charge in [0.2, 0.25) is 0 Å². The van der Waals surface area contributed by atoms with Gasteiger partial charge < -0.3 is 0 Å². The molecular formula is C24H12F8N2. The van der Waals surface area contributed by atoms with Crippen LogP contribution < -0.4 is 0 Å². The zero-order valence-electron chi connectivity index (χ0n) is 16.8. The van der Waals surface area contributed by atoms with E-state index in [0.29, 0.717) is 29.8 Å². The lowest BCUT2D eigenvalue weighted by atomic mass is 10.0. The summed E-state index contributed by atoms with van der Waals surface area (Å²) in [5.74, 6) is -2.48. The molecule has 0 radical (unpaired) electrons. The minimum absolute atomic E-state index is 0.0216. The SMILES string of the molecule is Fc1cc(C(F)(F)F)ccc1-c1cc(-c2ccc(C(F)(F)F)cc2F)nc(-c2ccccc2)n1. The van der Waals surface area contributed by atoms with Crippen LogP contribution in [0.15, 0.2) is 72.8 Å². The first-order valence-electron chi connectivity index (χ1n) is 9.62. The number of benzene rings is 3. The highest BCUT2D eigenvalue weighted by Crippen LogP contribution is 2.36. The predicted octanol–water partition coefficient (Wildman–Crippen LogP) is 7.79. The summed E-state index contributed by atoms with van der Waals surface area (Å²) in [6.45, 7) is 0. The van der Waals surface area contributed by atoms with Gasteiger partial charge in [0.25, 0.3) is 0 Å². The Morgan fingerprint density at radius 3 is 1.35 bits per heavy atom. The zero-order chi connectivity index (χ0) is 24.7. The molecule has 0 N–H and O–H groups in total. The maximum Gasteiger partial charge on any atom is 0.416 e. The summed E-state index contributed by atoms with van der Waals surface area (Å²) in [4.78, 5) is 8.41. The topological polar surface area (TPSA) is 25.8 Å². The number of rotatable bonds is 3. The molecule has 4 aromatic rings. The molecule has 0 aliphatic rings. The van der Waals surface area contributed by atoms with Gasteiger partial charge in [0.15, 0.2) is 5.82 Å². The molecule has 0 unspecified atom stereocenters. The molecule has 0 saturated heterocycles. The number of hydrogen-bond acceptors (Lipinski definition) is 2. The average Bonchev–Trinajstić information content (AvgIpc) is 2.78. The second-order valence-electron chi connectivity index (χ2n) is 7.21. The Balaban J connectivity index is 1.90. The number of nitrogens with zero attached hydrogens (tertiary/aromatic N) is 2. The summed E-state index contributed by atoms with van der Waals surface area (Å²) < 4.78 is 107. The van der Waals surface area contributed by atoms with E-state index in [4.69, 9.17) is 0 Å². The van der Waals surface area contributed by atoms with E-state index in [0.717, 1.165) is 18.2 Å². The molecule has 4 rings (SSSR count). The van der Waals surface area contributed by atoms with Gasteiger partial charge in [-0.2, -0.15) is 26.3 Å². The van der Waals surface area contributed by atoms with Gasteiger partial charge in [-0.1, -0.05) is 30.3 Å². The molecule has 0 bridgehead atoms. The van der Waals surface area contributed by atoms with Crippen molar-refractivity contribution in [3.8, 4) is 33.9 Å². The molecule has 174 valence electrons. The van der Waals surface area contributed by atoms with Gasteiger partial charge in [0, 0.05) is 16.7 Å². The van der Waals surface area contributed by atoms with Crippen molar-refractivity contribution in [1.29, 1.82) is 0 Å². The highest BCUT2D eigenvalue weighted by molar-refractivity contribution is 5.72. The van der Waals surface area contributed by atoms with Crippen molar-refractivity contribution >= 4 is 0 Å². The number of halogens is 8. The maximum atomic E-state index is 14.6. The van der Waals surface area contributed by atoms with Crippen molar-refractivity contribution in [3.05, 3.63) is 95.6 Å². The Kier molecular flexibility index (Phi) is 5.84. The summed E-state index contributed by atoms with van der Waals surface area (Å²) in [6, 6.07) is 13.0. The molecule has 0 fully saturated rings. The molecule has 0 spiro atoms. The van der Waals surface area contributed by atoms with Crippen LogP contribution in [0.2, 0.25) is 0 Å². The van der Waals surface area contributed by atoms with Crippen LogP contribution in [0.4, 0.5) is 35.1 Å². The normalized spacial score (nSPS) is 12.1. The van der Waals surface area contributed by atoms with E-state index in [-0.39, 0.29) is 28.3 Å². The molecule has 0 aliphatic carbocycles. The molecule has 10 heteroatoms. The lowest BCUT2D eigenvalue weighted by molar-refractivity contribution is -0.138. The molecule has 2 nitrogen and oxygen atoms in total. The van der Waals surface area contributed by atoms with Gasteiger partial charge in [-0.3, -0.25) is 0 Å². The van der Waals surface area contributed by atoms with E-state index in [1.165, 1.54) is 0 Å². The Hall–Kier alpha value is -3.82. The van der Waals surface area contributed by atoms with Crippen molar-refractivity contribution in [1.82, 2.24) is 9.97 Å². The highest BCUT2D eigenvalue weighted by Gasteiger charge is 2.32. The molecule has 1 aromatic heterocycles. The second-order valence-corrected chi connectivity index (χ2v) is 7.21. The summed E-state index contributed by atoms with van der Waals surface area (Å²) >= 11 is 0. The summed E-state index contributed by atoms with van der Waals surface area (Å²) in [7, 11) is 0. The first-order valence-corrected chi connectivity index (χ1v) is 9.62. The molecule has 1 heterocycles. The average molecular weight is 480 g/mol. The van der Waals surface area contributed by atoms with Crippen molar-refractivity contribution in [2.24, 2.45) is 0 Å². The van der Waals surface area contributed by atoms with Crippen LogP contribution in [-0.4, -0.2) is 9.97 Å². The second kappa shape index (κ2) is 8.51. The highest BCUT2D eigenvalue weighted by atomic mass is 19.4. The van der Waals surface area contributed by atoms with E-state index in [1.54, 1.807) is 30.3 Å². The van der Waals surface area contributed by atoms with Gasteiger partial charge in [-0.15, -0.1) is 0 Å². The van der Waals surface area contributed by atoms with Crippen LogP contribution in [-0.2, 0) is 12.4 Å². The van der Waals surface area contributed by atoms with Crippen LogP contribution in [0.3, 0.4) is 0 Å². The third-order valence-corrected chi connectivity index (χ3v) is 4.90. The smallest absolute Gasteiger partial charge is 0.228 e. The van der Waals surface area contributed by atoms with Crippen LogP contribution in [0, 0.1) is 11.6 Å². The molecule has 0 atom stereocenters. The van der Waals surface area contributed by atoms with Crippen LogP contribution >= 0.6 is 0 Å². The van der Waals surface area contributed by atoms with E-state index >= 15 is 0 Å². The minimum atomic E-state index is -4.77. The summed E-state index contributed by atoms with van der Waals surface area (Å²) in [5.41, 5.74) is -2.98. The standard InChI is InChI=1S/C24H12F8N2/c25-18-10-14(23(27,28)29)6-8-16(18)20-12-21(34-22(33-20)13-4-2-1-3-5-13)17-9-7-15(11-19(17)26)24(30,31)32/h1-12H. The first kappa shape index (κ1) is 23.3. The van der Waals surface area contributed by atoms with Gasteiger partial charge >= 0.3 is 12.4 Å². The van der Waals surface area contributed by atoms with Gasteiger partial charge in [0.05, 0.1) is 22.5 Å². The lowest BCUT2D eigenvalue weighted by Crippen LogP contribution is -2.06. The monoisotopic (exact) mass is 480 g/mol. The number of hydrogen-bond donors (Lipinski definition) is 0. The number of alkyl halides is 6. The summed E-state index contributed by atoms with van der Waals surface area (Å²) in [6.07, 6.45) is -9.54. The lowest BCUT2D eigenvalue weighted by Gasteiger charge is -2.13. The predicted molar refractivity (Wildman–Crippen MR) is 108 cm³/mol. The van der Waals surface area contributed by atoms with Crippen molar-refractivity contribution in [2.45, 2.75) is 12.4 Å². The molecule has 3 aromatic carbocycles. The van der Waals surface area contributed by atoms with E-state index in [1.807, 2.05) is 0 Å². The molecular weight excluding hydrogens is 468 g/mol. The summed E-state index contributed by atoms with van der Waals surface area (Å²) in [5, 5.41) is 0. The number of aromatic nitrogens is 2. The van der Waals surface area contributed by atoms with Crippen LogP contribution in [0.1, 0.15) is 11.1 Å². The molecule has 0 amide bonds. The Bertz CT molecular complexity index is 1260. The Morgan fingerprint density at radius 2 is 0.971 bits per heavy atom. The van der Waals surface area contributed by atoms with E-state index in [2.05, 4.69) is 9.97 Å². The van der Waals surface area contributed by atoms with Gasteiger partial charge in [-0.05, 0) is 42.5 Å². The third-order valence-electron chi connectivity index (χ3n) is 4.90. The fourth-order valence-corrected chi connectivity index (χ4v) is 3.24. The fourth-order valence-electron chi connectivity index (χ4n) is 3.24. The molecule has 0 aliphatic heterocycles. The van der Waals surface area contributed by atoms with Crippen LogP contribution in [0.25, 0.3) is 33.9 Å². The van der Waals surface area contributed by atoms with Crippen molar-refractivity contribution < 1.29 is 35.1 Å². The van der Waals surface area contributed by atoms with E-state index < -0.39 is 35.1 Å². The van der Waals surface area contributed by atoms with Gasteiger partial charge in [-0.25, -0.2) is 18.7 Å².